The van der Waals surface area contributed by atoms with Crippen molar-refractivity contribution in [3.63, 3.8) is 0 Å². The van der Waals surface area contributed by atoms with Crippen LogP contribution >= 0.6 is 24.0 Å². The quantitative estimate of drug-likeness (QED) is 0.368. The van der Waals surface area contributed by atoms with E-state index in [4.69, 9.17) is 9.47 Å². The van der Waals surface area contributed by atoms with Crippen LogP contribution < -0.4 is 14.8 Å². The number of ether oxygens (including phenoxy) is 2. The first-order valence-corrected chi connectivity index (χ1v) is 10.1. The second-order valence-electron chi connectivity index (χ2n) is 8.73. The smallest absolute Gasteiger partial charge is 0.193 e. The molecule has 6 heteroatoms. The van der Waals surface area contributed by atoms with Gasteiger partial charge >= 0.3 is 0 Å². The molecule has 3 rings (SSSR count). The first kappa shape index (κ1) is 23.1. The minimum Gasteiger partial charge on any atom is -0.493 e. The van der Waals surface area contributed by atoms with Crippen molar-refractivity contribution in [2.24, 2.45) is 10.4 Å². The van der Waals surface area contributed by atoms with E-state index in [2.05, 4.69) is 41.2 Å². The van der Waals surface area contributed by atoms with Crippen LogP contribution in [0.3, 0.4) is 0 Å². The summed E-state index contributed by atoms with van der Waals surface area (Å²) < 4.78 is 10.8. The van der Waals surface area contributed by atoms with Gasteiger partial charge in [0, 0.05) is 32.1 Å². The van der Waals surface area contributed by atoms with Crippen LogP contribution in [0, 0.1) is 5.41 Å². The van der Waals surface area contributed by atoms with E-state index in [0.717, 1.165) is 37.1 Å². The second kappa shape index (κ2) is 9.55. The Kier molecular flexibility index (Phi) is 7.88. The van der Waals surface area contributed by atoms with Gasteiger partial charge in [-0.05, 0) is 42.4 Å². The Bertz CT molecular complexity index is 684. The molecule has 1 heterocycles. The second-order valence-corrected chi connectivity index (χ2v) is 8.73. The zero-order chi connectivity index (χ0) is 19.5. The highest BCUT2D eigenvalue weighted by Crippen LogP contribution is 2.45. The lowest BCUT2D eigenvalue weighted by Gasteiger charge is -2.30. The molecule has 1 aromatic rings. The molecule has 0 radical (unpaired) electrons. The minimum absolute atomic E-state index is 0. The molecule has 0 bridgehead atoms. The van der Waals surface area contributed by atoms with E-state index >= 15 is 0 Å². The lowest BCUT2D eigenvalue weighted by molar-refractivity contribution is 0.308. The predicted octanol–water partition coefficient (Wildman–Crippen LogP) is 4.44. The van der Waals surface area contributed by atoms with Gasteiger partial charge in [0.25, 0.3) is 0 Å². The highest BCUT2D eigenvalue weighted by molar-refractivity contribution is 14.0. The SMILES string of the molecule is CN=C(NCC(C)(C)c1ccc(OC)c(OC)c1)N1CCC2(CCCC2)C1.I. The van der Waals surface area contributed by atoms with Crippen LogP contribution in [-0.2, 0) is 5.41 Å². The van der Waals surface area contributed by atoms with E-state index in [1.165, 1.54) is 37.7 Å². The number of guanidine groups is 1. The van der Waals surface area contributed by atoms with Gasteiger partial charge in [0.2, 0.25) is 0 Å². The summed E-state index contributed by atoms with van der Waals surface area (Å²) in [6.07, 6.45) is 6.88. The van der Waals surface area contributed by atoms with Crippen LogP contribution in [0.15, 0.2) is 23.2 Å². The van der Waals surface area contributed by atoms with Gasteiger partial charge in [0.1, 0.15) is 0 Å². The van der Waals surface area contributed by atoms with E-state index in [9.17, 15) is 0 Å². The zero-order valence-corrected chi connectivity index (χ0v) is 20.3. The van der Waals surface area contributed by atoms with Crippen molar-refractivity contribution in [1.82, 2.24) is 10.2 Å². The molecular weight excluding hydrogens is 465 g/mol. The van der Waals surface area contributed by atoms with Crippen molar-refractivity contribution < 1.29 is 9.47 Å². The molecule has 28 heavy (non-hydrogen) atoms. The summed E-state index contributed by atoms with van der Waals surface area (Å²) in [4.78, 5) is 7.02. The Morgan fingerprint density at radius 1 is 1.14 bits per heavy atom. The first-order valence-electron chi connectivity index (χ1n) is 10.1. The van der Waals surface area contributed by atoms with Gasteiger partial charge in [-0.15, -0.1) is 24.0 Å². The number of rotatable bonds is 5. The van der Waals surface area contributed by atoms with Crippen LogP contribution in [0.25, 0.3) is 0 Å². The summed E-state index contributed by atoms with van der Waals surface area (Å²) in [6, 6.07) is 6.18. The molecule has 1 spiro atoms. The van der Waals surface area contributed by atoms with Gasteiger partial charge in [-0.3, -0.25) is 4.99 Å². The fraction of sp³-hybridized carbons (Fsp3) is 0.682. The predicted molar refractivity (Wildman–Crippen MR) is 126 cm³/mol. The monoisotopic (exact) mass is 501 g/mol. The molecule has 0 atom stereocenters. The minimum atomic E-state index is -0.0553. The number of likely N-dealkylation sites (tertiary alicyclic amines) is 1. The van der Waals surface area contributed by atoms with Crippen LogP contribution in [0.1, 0.15) is 51.5 Å². The fourth-order valence-corrected chi connectivity index (χ4v) is 4.64. The van der Waals surface area contributed by atoms with Crippen molar-refractivity contribution in [3.8, 4) is 11.5 Å². The number of hydrogen-bond acceptors (Lipinski definition) is 3. The average molecular weight is 501 g/mol. The third-order valence-corrected chi connectivity index (χ3v) is 6.47. The third kappa shape index (κ3) is 4.86. The highest BCUT2D eigenvalue weighted by atomic mass is 127. The molecule has 1 aliphatic carbocycles. The number of aliphatic imine (C=N–C) groups is 1. The summed E-state index contributed by atoms with van der Waals surface area (Å²) >= 11 is 0. The summed E-state index contributed by atoms with van der Waals surface area (Å²) in [5, 5.41) is 3.63. The van der Waals surface area contributed by atoms with E-state index in [-0.39, 0.29) is 29.4 Å². The van der Waals surface area contributed by atoms with E-state index < -0.39 is 0 Å². The molecule has 1 saturated heterocycles. The molecule has 0 aromatic heterocycles. The standard InChI is InChI=1S/C22H35N3O2.HI/c1-21(2,17-8-9-18(26-4)19(14-17)27-5)15-24-20(23-3)25-13-12-22(16-25)10-6-7-11-22;/h8-9,14H,6-7,10-13,15-16H2,1-5H3,(H,23,24);1H. The van der Waals surface area contributed by atoms with Gasteiger partial charge in [-0.2, -0.15) is 0 Å². The number of nitrogens with one attached hydrogen (secondary N) is 1. The Hall–Kier alpha value is -1.18. The van der Waals surface area contributed by atoms with E-state index in [0.29, 0.717) is 5.41 Å². The molecule has 1 saturated carbocycles. The van der Waals surface area contributed by atoms with Crippen LogP contribution in [0.2, 0.25) is 0 Å². The number of benzene rings is 1. The number of methoxy groups -OCH3 is 2. The molecule has 2 fully saturated rings. The molecule has 158 valence electrons. The Morgan fingerprint density at radius 2 is 1.82 bits per heavy atom. The third-order valence-electron chi connectivity index (χ3n) is 6.47. The Labute approximate surface area is 187 Å². The van der Waals surface area contributed by atoms with Crippen LogP contribution in [0.4, 0.5) is 0 Å². The van der Waals surface area contributed by atoms with Crippen molar-refractivity contribution in [3.05, 3.63) is 23.8 Å². The maximum absolute atomic E-state index is 5.48. The summed E-state index contributed by atoms with van der Waals surface area (Å²) in [7, 11) is 5.24. The van der Waals surface area contributed by atoms with Gasteiger partial charge in [0.05, 0.1) is 14.2 Å². The van der Waals surface area contributed by atoms with Gasteiger partial charge in [-0.1, -0.05) is 32.8 Å². The maximum Gasteiger partial charge on any atom is 0.193 e. The zero-order valence-electron chi connectivity index (χ0n) is 18.0. The molecule has 5 nitrogen and oxygen atoms in total. The van der Waals surface area contributed by atoms with Gasteiger partial charge in [-0.25, -0.2) is 0 Å². The summed E-state index contributed by atoms with van der Waals surface area (Å²) in [5.74, 6) is 2.57. The first-order chi connectivity index (χ1) is 12.9. The topological polar surface area (TPSA) is 46.1 Å². The molecular formula is C22H36IN3O2. The van der Waals surface area contributed by atoms with Crippen molar-refractivity contribution in [2.45, 2.75) is 51.4 Å². The van der Waals surface area contributed by atoms with Crippen molar-refractivity contribution in [1.29, 1.82) is 0 Å². The lowest BCUT2D eigenvalue weighted by Crippen LogP contribution is -2.45. The average Bonchev–Trinajstić information content (AvgIpc) is 3.31. The number of nitrogens with zero attached hydrogens (tertiary/aromatic N) is 2. The molecule has 2 aliphatic rings. The number of hydrogen-bond donors (Lipinski definition) is 1. The Balaban J connectivity index is 0.00000280. The highest BCUT2D eigenvalue weighted by Gasteiger charge is 2.41. The molecule has 1 aromatic carbocycles. The van der Waals surface area contributed by atoms with Crippen molar-refractivity contribution >= 4 is 29.9 Å². The summed E-state index contributed by atoms with van der Waals surface area (Å²) in [5.41, 5.74) is 1.72. The van der Waals surface area contributed by atoms with E-state index in [1.807, 2.05) is 13.1 Å². The fourth-order valence-electron chi connectivity index (χ4n) is 4.64. The van der Waals surface area contributed by atoms with Gasteiger partial charge in [0.15, 0.2) is 17.5 Å². The molecule has 1 aliphatic heterocycles. The van der Waals surface area contributed by atoms with Crippen LogP contribution in [0.5, 0.6) is 11.5 Å². The van der Waals surface area contributed by atoms with Gasteiger partial charge < -0.3 is 19.7 Å². The lowest BCUT2D eigenvalue weighted by atomic mass is 9.84. The van der Waals surface area contributed by atoms with Crippen molar-refractivity contribution in [2.75, 3.05) is 40.9 Å². The molecule has 0 unspecified atom stereocenters. The van der Waals surface area contributed by atoms with Crippen LogP contribution in [-0.4, -0.2) is 51.8 Å². The molecule has 1 N–H and O–H groups in total. The summed E-state index contributed by atoms with van der Waals surface area (Å²) in [6.45, 7) is 7.59. The van der Waals surface area contributed by atoms with E-state index in [1.54, 1.807) is 14.2 Å². The largest absolute Gasteiger partial charge is 0.493 e. The Morgan fingerprint density at radius 3 is 2.43 bits per heavy atom. The normalized spacial score (nSPS) is 18.9. The molecule has 0 amide bonds. The number of halogens is 1. The maximum atomic E-state index is 5.48.